The van der Waals surface area contributed by atoms with Crippen molar-refractivity contribution < 1.29 is 70.4 Å². The van der Waals surface area contributed by atoms with Gasteiger partial charge in [-0.25, -0.2) is 0 Å². The molecule has 254 valence electrons. The van der Waals surface area contributed by atoms with Crippen LogP contribution in [0.4, 0.5) is 0 Å². The van der Waals surface area contributed by atoms with E-state index < -0.39 is 73.2 Å². The van der Waals surface area contributed by atoms with Crippen molar-refractivity contribution in [2.45, 2.75) is 131 Å². The molecule has 0 aromatic rings. The molecular formula is C29H54O14. The Balaban J connectivity index is 0.00000506. The quantitative estimate of drug-likeness (QED) is 0.105. The molecule has 4 aliphatic rings. The van der Waals surface area contributed by atoms with Gasteiger partial charge in [0.05, 0.1) is 69.7 Å². The Labute approximate surface area is 252 Å². The van der Waals surface area contributed by atoms with E-state index in [0.29, 0.717) is 71.0 Å². The van der Waals surface area contributed by atoms with Gasteiger partial charge in [0, 0.05) is 17.8 Å². The second-order valence-corrected chi connectivity index (χ2v) is 12.8. The van der Waals surface area contributed by atoms with Gasteiger partial charge < -0.3 is 70.4 Å². The summed E-state index contributed by atoms with van der Waals surface area (Å²) in [5, 5.41) is 92.1. The standard InChI is InChI=1S/C29H52O13.H2O/c30-18-13-39-10-15(23(18)32)4-1-7-20-27(36)24(33)16(11-40-20)5-2-8-21-28(37)25(34)17(12-41-21)6-3-9-22-29(38)26(35)19(31)14-42-22;/h15-38H,1-14H2;1H2/t15-,16-,17-,18?,19-,20+,21+,22+,23-,24-,25-,26-,27?,28?,29?;/m1./s1. The molecule has 4 aliphatic heterocycles. The highest BCUT2D eigenvalue weighted by molar-refractivity contribution is 4.91. The van der Waals surface area contributed by atoms with Crippen LogP contribution in [-0.2, 0) is 18.9 Å². The molecule has 14 nitrogen and oxygen atoms in total. The lowest BCUT2D eigenvalue weighted by atomic mass is 9.84. The van der Waals surface area contributed by atoms with E-state index in [4.69, 9.17) is 18.9 Å². The molecule has 14 heteroatoms. The Bertz CT molecular complexity index is 792. The predicted octanol–water partition coefficient (Wildman–Crippen LogP) is -3.00. The summed E-state index contributed by atoms with van der Waals surface area (Å²) < 4.78 is 22.5. The van der Waals surface area contributed by atoms with Gasteiger partial charge >= 0.3 is 0 Å². The van der Waals surface area contributed by atoms with Crippen LogP contribution in [0.15, 0.2) is 0 Å². The summed E-state index contributed by atoms with van der Waals surface area (Å²) in [6.07, 6.45) is -5.92. The molecule has 0 spiro atoms. The summed E-state index contributed by atoms with van der Waals surface area (Å²) in [4.78, 5) is 0. The molecule has 43 heavy (non-hydrogen) atoms. The summed E-state index contributed by atoms with van der Waals surface area (Å²) in [6, 6.07) is 0. The summed E-state index contributed by atoms with van der Waals surface area (Å²) in [5.41, 5.74) is 0. The Morgan fingerprint density at radius 2 is 0.744 bits per heavy atom. The van der Waals surface area contributed by atoms with Crippen LogP contribution in [-0.4, -0.2) is 158 Å². The fraction of sp³-hybridized carbons (Fsp3) is 1.00. The van der Waals surface area contributed by atoms with Crippen molar-refractivity contribution in [3.63, 3.8) is 0 Å². The van der Waals surface area contributed by atoms with E-state index in [1.54, 1.807) is 0 Å². The van der Waals surface area contributed by atoms with Crippen LogP contribution in [0, 0.1) is 17.8 Å². The van der Waals surface area contributed by atoms with E-state index in [1.165, 1.54) is 0 Å². The third-order valence-corrected chi connectivity index (χ3v) is 9.77. The first-order valence-electron chi connectivity index (χ1n) is 15.6. The molecule has 4 rings (SSSR count). The first-order valence-corrected chi connectivity index (χ1v) is 15.6. The van der Waals surface area contributed by atoms with Crippen LogP contribution in [0.1, 0.15) is 57.8 Å². The Hall–Kier alpha value is -0.560. The molecule has 0 radical (unpaired) electrons. The van der Waals surface area contributed by atoms with Gasteiger partial charge in [-0.1, -0.05) is 19.3 Å². The van der Waals surface area contributed by atoms with Crippen molar-refractivity contribution in [3.8, 4) is 0 Å². The number of rotatable bonds is 12. The maximum absolute atomic E-state index is 10.7. The summed E-state index contributed by atoms with van der Waals surface area (Å²) >= 11 is 0. The van der Waals surface area contributed by atoms with E-state index in [-0.39, 0.29) is 43.1 Å². The average molecular weight is 627 g/mol. The second-order valence-electron chi connectivity index (χ2n) is 12.8. The zero-order chi connectivity index (χ0) is 30.4. The van der Waals surface area contributed by atoms with Crippen LogP contribution in [0.5, 0.6) is 0 Å². The molecule has 4 fully saturated rings. The van der Waals surface area contributed by atoms with Gasteiger partial charge in [-0.3, -0.25) is 0 Å². The molecular weight excluding hydrogens is 572 g/mol. The Morgan fingerprint density at radius 3 is 1.21 bits per heavy atom. The van der Waals surface area contributed by atoms with Gasteiger partial charge in [-0.05, 0) is 38.5 Å². The van der Waals surface area contributed by atoms with Crippen molar-refractivity contribution in [3.05, 3.63) is 0 Å². The van der Waals surface area contributed by atoms with E-state index in [9.17, 15) is 46.0 Å². The Kier molecular flexibility index (Phi) is 14.9. The van der Waals surface area contributed by atoms with Crippen LogP contribution >= 0.6 is 0 Å². The topological polar surface area (TPSA) is 250 Å². The molecule has 0 aliphatic carbocycles. The first-order chi connectivity index (χ1) is 20.1. The minimum absolute atomic E-state index is 0. The minimum Gasteiger partial charge on any atom is -0.412 e. The molecule has 0 bridgehead atoms. The normalized spacial score (nSPS) is 45.8. The highest BCUT2D eigenvalue weighted by Gasteiger charge is 2.41. The average Bonchev–Trinajstić information content (AvgIpc) is 2.97. The molecule has 0 aromatic carbocycles. The molecule has 11 N–H and O–H groups in total. The zero-order valence-electron chi connectivity index (χ0n) is 24.7. The lowest BCUT2D eigenvalue weighted by Gasteiger charge is -2.40. The smallest absolute Gasteiger partial charge is 0.111 e. The fourth-order valence-corrected chi connectivity index (χ4v) is 6.87. The van der Waals surface area contributed by atoms with Crippen LogP contribution in [0.3, 0.4) is 0 Å². The summed E-state index contributed by atoms with van der Waals surface area (Å²) in [5.74, 6) is -0.725. The van der Waals surface area contributed by atoms with Gasteiger partial charge in [-0.2, -0.15) is 0 Å². The maximum Gasteiger partial charge on any atom is 0.111 e. The fourth-order valence-electron chi connectivity index (χ4n) is 6.87. The number of hydrogen-bond donors (Lipinski definition) is 9. The first kappa shape index (κ1) is 36.9. The summed E-state index contributed by atoms with van der Waals surface area (Å²) in [6.45, 7) is 1.04. The van der Waals surface area contributed by atoms with Gasteiger partial charge in [0.1, 0.15) is 36.6 Å². The van der Waals surface area contributed by atoms with Crippen LogP contribution in [0.25, 0.3) is 0 Å². The number of hydrogen-bond acceptors (Lipinski definition) is 13. The van der Waals surface area contributed by atoms with Crippen molar-refractivity contribution in [1.82, 2.24) is 0 Å². The minimum atomic E-state index is -1.25. The van der Waals surface area contributed by atoms with Gasteiger partial charge in [0.25, 0.3) is 0 Å². The third-order valence-electron chi connectivity index (χ3n) is 9.77. The lowest BCUT2D eigenvalue weighted by molar-refractivity contribution is -0.190. The number of ether oxygens (including phenoxy) is 4. The largest absolute Gasteiger partial charge is 0.412 e. The highest BCUT2D eigenvalue weighted by Crippen LogP contribution is 2.32. The van der Waals surface area contributed by atoms with Crippen LogP contribution < -0.4 is 0 Å². The SMILES string of the molecule is O.OC1COC[C@@H](CCC[C@@H]2OC[C@@H](CCC[C@@H]3OC[C@@H](CCC[C@@H]4OC[C@@H](O)[C@@H](O)C4O)[C@@H](O)C3O)[C@@H](O)C2O)[C@H]1O. The van der Waals surface area contributed by atoms with Crippen molar-refractivity contribution in [2.24, 2.45) is 17.8 Å². The van der Waals surface area contributed by atoms with Crippen molar-refractivity contribution >= 4 is 0 Å². The van der Waals surface area contributed by atoms with Crippen molar-refractivity contribution in [1.29, 1.82) is 0 Å². The highest BCUT2D eigenvalue weighted by atomic mass is 16.5. The predicted molar refractivity (Wildman–Crippen MR) is 150 cm³/mol. The molecule has 15 atom stereocenters. The molecule has 0 aromatic heterocycles. The van der Waals surface area contributed by atoms with Gasteiger partial charge in [-0.15, -0.1) is 0 Å². The molecule has 4 heterocycles. The summed E-state index contributed by atoms with van der Waals surface area (Å²) in [7, 11) is 0. The van der Waals surface area contributed by atoms with Crippen molar-refractivity contribution in [2.75, 3.05) is 33.0 Å². The van der Waals surface area contributed by atoms with Gasteiger partial charge in [0.15, 0.2) is 0 Å². The van der Waals surface area contributed by atoms with E-state index >= 15 is 0 Å². The maximum atomic E-state index is 10.7. The van der Waals surface area contributed by atoms with Crippen LogP contribution in [0.2, 0.25) is 0 Å². The number of aliphatic hydroxyl groups is 9. The lowest BCUT2D eigenvalue weighted by Crippen LogP contribution is -2.53. The van der Waals surface area contributed by atoms with E-state index in [2.05, 4.69) is 0 Å². The van der Waals surface area contributed by atoms with E-state index in [0.717, 1.165) is 0 Å². The Morgan fingerprint density at radius 1 is 0.372 bits per heavy atom. The molecule has 4 saturated heterocycles. The molecule has 0 saturated carbocycles. The number of aliphatic hydroxyl groups excluding tert-OH is 9. The second kappa shape index (κ2) is 17.4. The monoisotopic (exact) mass is 626 g/mol. The van der Waals surface area contributed by atoms with Gasteiger partial charge in [0.2, 0.25) is 0 Å². The third kappa shape index (κ3) is 9.48. The zero-order valence-corrected chi connectivity index (χ0v) is 24.7. The molecule has 0 amide bonds. The van der Waals surface area contributed by atoms with E-state index in [1.807, 2.05) is 0 Å². The molecule has 4 unspecified atom stereocenters.